The maximum absolute atomic E-state index is 15.7. The molecule has 342 valence electrons. The van der Waals surface area contributed by atoms with Crippen molar-refractivity contribution in [3.63, 3.8) is 0 Å². The van der Waals surface area contributed by atoms with Crippen molar-refractivity contribution >= 4 is 45.7 Å². The minimum atomic E-state index is -1.37. The first-order valence-corrected chi connectivity index (χ1v) is 22.2. The van der Waals surface area contributed by atoms with Crippen molar-refractivity contribution in [1.82, 2.24) is 50.2 Å². The molecule has 18 heteroatoms. The third kappa shape index (κ3) is 9.71. The molecule has 4 amide bonds. The van der Waals surface area contributed by atoms with Crippen molar-refractivity contribution in [2.45, 2.75) is 134 Å². The summed E-state index contributed by atoms with van der Waals surface area (Å²) in [6.07, 6.45) is 1.58. The largest absolute Gasteiger partial charge is 0.343 e. The van der Waals surface area contributed by atoms with Crippen LogP contribution in [0.1, 0.15) is 72.6 Å². The first-order valence-electron chi connectivity index (χ1n) is 22.2. The molecular formula is C45H60F4N10O4. The summed E-state index contributed by atoms with van der Waals surface area (Å²) in [5, 5.41) is 11.6. The van der Waals surface area contributed by atoms with Gasteiger partial charge in [-0.05, 0) is 76.9 Å². The van der Waals surface area contributed by atoms with E-state index >= 15 is 8.78 Å². The maximum Gasteiger partial charge on any atom is 0.245 e. The molecule has 8 atom stereocenters. The normalized spacial score (nSPS) is 22.8. The molecule has 4 aromatic rings. The Kier molecular flexibility index (Phi) is 14.1. The molecule has 14 nitrogen and oxygen atoms in total. The fourth-order valence-electron chi connectivity index (χ4n) is 9.48. The van der Waals surface area contributed by atoms with E-state index in [2.05, 4.69) is 21.3 Å². The number of fused-ring (bicyclic) bond motifs is 2. The number of alkyl halides is 2. The highest BCUT2D eigenvalue weighted by atomic mass is 19.1. The van der Waals surface area contributed by atoms with E-state index in [9.17, 15) is 28.0 Å². The number of imidazole rings is 2. The summed E-state index contributed by atoms with van der Waals surface area (Å²) in [4.78, 5) is 67.7. The molecule has 2 aromatic carbocycles. The molecular weight excluding hydrogens is 821 g/mol. The standard InChI is InChI=1S/C45H60F4N10O4/c1-24(2)38(54-42(60)25(3)50-5)44(62)56-20-30(48)16-32(56)22-58-36-14-12-28(46)18-34(36)52-40(58)41-53-35-19-29(47)13-15-37(35)59(41)23-33-17-31(49)21-57(33)45(63)39(27-10-8-7-9-11-27)55-43(61)26(4)51-6/h12-15,18-19,24-27,30-33,38-39,50-51H,7-11,16-17,20-23H2,1-6H3,(H,54,60)(H,55,61)/t25-,26-,30?,31?,32+,33+,38-,39-/m1/s1. The van der Waals surface area contributed by atoms with E-state index in [1.54, 1.807) is 57.0 Å². The quantitative estimate of drug-likeness (QED) is 0.126. The van der Waals surface area contributed by atoms with Crippen LogP contribution in [0.2, 0.25) is 0 Å². The molecule has 4 heterocycles. The fourth-order valence-corrected chi connectivity index (χ4v) is 9.48. The number of halogens is 4. The smallest absolute Gasteiger partial charge is 0.245 e. The van der Waals surface area contributed by atoms with Crippen LogP contribution in [0, 0.1) is 23.5 Å². The first kappa shape index (κ1) is 45.9. The molecule has 2 aromatic heterocycles. The molecule has 0 spiro atoms. The van der Waals surface area contributed by atoms with Gasteiger partial charge in [-0.1, -0.05) is 33.1 Å². The number of amides is 4. The highest BCUT2D eigenvalue weighted by molar-refractivity contribution is 5.91. The Morgan fingerprint density at radius 2 is 1.14 bits per heavy atom. The molecule has 7 rings (SSSR count). The zero-order chi connectivity index (χ0) is 45.3. The van der Waals surface area contributed by atoms with Gasteiger partial charge >= 0.3 is 0 Å². The Bertz CT molecular complexity index is 2310. The topological polar surface area (TPSA) is 159 Å². The van der Waals surface area contributed by atoms with Gasteiger partial charge in [-0.3, -0.25) is 19.2 Å². The van der Waals surface area contributed by atoms with Gasteiger partial charge in [0.25, 0.3) is 0 Å². The van der Waals surface area contributed by atoms with Crippen LogP contribution in [-0.2, 0) is 32.3 Å². The predicted octanol–water partition coefficient (Wildman–Crippen LogP) is 4.63. The number of nitrogens with zero attached hydrogens (tertiary/aromatic N) is 6. The number of hydrogen-bond acceptors (Lipinski definition) is 8. The Hall–Kier alpha value is -5.10. The van der Waals surface area contributed by atoms with Crippen molar-refractivity contribution < 1.29 is 36.7 Å². The number of likely N-dealkylation sites (tertiary alicyclic amines) is 2. The van der Waals surface area contributed by atoms with Gasteiger partial charge < -0.3 is 40.2 Å². The molecule has 0 bridgehead atoms. The van der Waals surface area contributed by atoms with Crippen LogP contribution in [0.5, 0.6) is 0 Å². The van der Waals surface area contributed by atoms with E-state index < -0.39 is 66.1 Å². The monoisotopic (exact) mass is 880 g/mol. The van der Waals surface area contributed by atoms with Gasteiger partial charge in [0.2, 0.25) is 23.6 Å². The van der Waals surface area contributed by atoms with Gasteiger partial charge in [-0.25, -0.2) is 27.5 Å². The Labute approximate surface area is 364 Å². The second kappa shape index (κ2) is 19.3. The van der Waals surface area contributed by atoms with Crippen LogP contribution in [0.15, 0.2) is 36.4 Å². The number of rotatable bonds is 15. The number of benzene rings is 2. The first-order chi connectivity index (χ1) is 30.1. The number of aromatic nitrogens is 4. The Balaban J connectivity index is 1.27. The Morgan fingerprint density at radius 1 is 0.683 bits per heavy atom. The molecule has 0 radical (unpaired) electrons. The summed E-state index contributed by atoms with van der Waals surface area (Å²) in [5.74, 6) is -2.66. The summed E-state index contributed by atoms with van der Waals surface area (Å²) in [5.41, 5.74) is 1.44. The maximum atomic E-state index is 15.7. The Morgan fingerprint density at radius 3 is 1.60 bits per heavy atom. The van der Waals surface area contributed by atoms with Crippen LogP contribution < -0.4 is 21.3 Å². The predicted molar refractivity (Wildman–Crippen MR) is 231 cm³/mol. The molecule has 2 unspecified atom stereocenters. The number of hydrogen-bond donors (Lipinski definition) is 4. The van der Waals surface area contributed by atoms with E-state index in [0.29, 0.717) is 11.0 Å². The number of likely N-dealkylation sites (N-methyl/N-ethyl adjacent to an activating group) is 2. The lowest BCUT2D eigenvalue weighted by Crippen LogP contribution is -2.57. The summed E-state index contributed by atoms with van der Waals surface area (Å²) < 4.78 is 64.4. The summed E-state index contributed by atoms with van der Waals surface area (Å²) in [6, 6.07) is 3.78. The third-order valence-corrected chi connectivity index (χ3v) is 13.3. The van der Waals surface area contributed by atoms with Gasteiger partial charge in [0.05, 0.1) is 59.3 Å². The second-order valence-electron chi connectivity index (χ2n) is 17.9. The van der Waals surface area contributed by atoms with E-state index in [-0.39, 0.29) is 91.3 Å². The highest BCUT2D eigenvalue weighted by Gasteiger charge is 2.44. The second-order valence-corrected chi connectivity index (χ2v) is 17.9. The van der Waals surface area contributed by atoms with Gasteiger partial charge in [-0.15, -0.1) is 0 Å². The minimum absolute atomic E-state index is 0.00126. The van der Waals surface area contributed by atoms with Gasteiger partial charge in [-0.2, -0.15) is 0 Å². The van der Waals surface area contributed by atoms with Crippen molar-refractivity contribution in [2.24, 2.45) is 11.8 Å². The van der Waals surface area contributed by atoms with Crippen molar-refractivity contribution in [3.05, 3.63) is 48.0 Å². The SMILES string of the molecule is CN[C@H](C)C(=O)N[C@@H](C(=O)N1CC(F)C[C@H]1Cn1c(-c2nc3cc(F)ccc3n2C[C@@H]2CC(F)CN2C(=O)[C@H](NC(=O)[C@@H](C)NC)C2CCCCC2)nc2cc(F)ccc21)C(C)C. The molecule has 1 aliphatic carbocycles. The molecule has 3 fully saturated rings. The van der Waals surface area contributed by atoms with Crippen molar-refractivity contribution in [2.75, 3.05) is 27.2 Å². The third-order valence-electron chi connectivity index (χ3n) is 13.3. The van der Waals surface area contributed by atoms with Gasteiger partial charge in [0.15, 0.2) is 11.6 Å². The van der Waals surface area contributed by atoms with Crippen LogP contribution >= 0.6 is 0 Å². The zero-order valence-corrected chi connectivity index (χ0v) is 36.8. The average Bonchev–Trinajstić information content (AvgIpc) is 4.02. The number of carbonyl (C=O) groups is 4. The van der Waals surface area contributed by atoms with Crippen LogP contribution in [-0.4, -0.2) is 128 Å². The van der Waals surface area contributed by atoms with Crippen LogP contribution in [0.25, 0.3) is 33.7 Å². The van der Waals surface area contributed by atoms with E-state index in [0.717, 1.165) is 32.1 Å². The average molecular weight is 881 g/mol. The van der Waals surface area contributed by atoms with Crippen molar-refractivity contribution in [1.29, 1.82) is 0 Å². The summed E-state index contributed by atoms with van der Waals surface area (Å²) in [6.45, 7) is 6.61. The molecule has 1 saturated carbocycles. The van der Waals surface area contributed by atoms with E-state index in [1.807, 2.05) is 0 Å². The molecule has 3 aliphatic rings. The summed E-state index contributed by atoms with van der Waals surface area (Å²) >= 11 is 0. The number of nitrogens with one attached hydrogen (secondary N) is 4. The lowest BCUT2D eigenvalue weighted by molar-refractivity contribution is -0.139. The van der Waals surface area contributed by atoms with Crippen molar-refractivity contribution in [3.8, 4) is 11.6 Å². The van der Waals surface area contributed by atoms with E-state index in [1.165, 1.54) is 40.1 Å². The molecule has 4 N–H and O–H groups in total. The van der Waals surface area contributed by atoms with Gasteiger partial charge in [0, 0.05) is 38.1 Å². The number of carbonyl (C=O) groups excluding carboxylic acids is 4. The van der Waals surface area contributed by atoms with E-state index in [4.69, 9.17) is 9.97 Å². The van der Waals surface area contributed by atoms with Crippen LogP contribution in [0.4, 0.5) is 17.6 Å². The lowest BCUT2D eigenvalue weighted by Gasteiger charge is -2.35. The molecule has 2 aliphatic heterocycles. The minimum Gasteiger partial charge on any atom is -0.343 e. The van der Waals surface area contributed by atoms with Crippen LogP contribution in [0.3, 0.4) is 0 Å². The van der Waals surface area contributed by atoms with Gasteiger partial charge in [0.1, 0.15) is 36.1 Å². The molecule has 2 saturated heterocycles. The highest BCUT2D eigenvalue weighted by Crippen LogP contribution is 2.35. The lowest BCUT2D eigenvalue weighted by atomic mass is 9.83. The fraction of sp³-hybridized carbons (Fsp3) is 0.600. The zero-order valence-electron chi connectivity index (χ0n) is 36.8. The molecule has 63 heavy (non-hydrogen) atoms. The summed E-state index contributed by atoms with van der Waals surface area (Å²) in [7, 11) is 3.29.